The van der Waals surface area contributed by atoms with Gasteiger partial charge in [-0.05, 0) is 70.7 Å². The van der Waals surface area contributed by atoms with Gasteiger partial charge < -0.3 is 9.84 Å². The smallest absolute Gasteiger partial charge is 0.343 e. The number of aliphatic hydroxyl groups excluding tert-OH is 1. The van der Waals surface area contributed by atoms with E-state index < -0.39 is 5.97 Å². The molecule has 0 aliphatic heterocycles. The second kappa shape index (κ2) is 8.87. The average molecular weight is 380 g/mol. The molecule has 4 heteroatoms. The van der Waals surface area contributed by atoms with Crippen molar-refractivity contribution in [3.8, 4) is 0 Å². The number of carbonyl (C=O) groups excluding carboxylic acids is 1. The molecule has 2 aromatic carbocycles. The van der Waals surface area contributed by atoms with Crippen molar-refractivity contribution < 1.29 is 14.6 Å². The van der Waals surface area contributed by atoms with Crippen LogP contribution in [0.15, 0.2) is 40.9 Å². The summed E-state index contributed by atoms with van der Waals surface area (Å²) in [5, 5.41) is 11.1. The Morgan fingerprint density at radius 2 is 1.54 bits per heavy atom. The van der Waals surface area contributed by atoms with Crippen LogP contribution in [0.5, 0.6) is 0 Å². The molecule has 0 saturated heterocycles. The zero-order valence-electron chi connectivity index (χ0n) is 17.8. The second-order valence-electron chi connectivity index (χ2n) is 7.16. The van der Waals surface area contributed by atoms with Gasteiger partial charge in [0.05, 0.1) is 18.0 Å². The highest BCUT2D eigenvalue weighted by molar-refractivity contribution is 6.24. The summed E-state index contributed by atoms with van der Waals surface area (Å²) in [7, 11) is 0. The molecule has 0 aliphatic carbocycles. The van der Waals surface area contributed by atoms with Gasteiger partial charge in [0.2, 0.25) is 0 Å². The molecule has 148 valence electrons. The molecule has 1 N–H and O–H groups in total. The highest BCUT2D eigenvalue weighted by Gasteiger charge is 2.23. The Bertz CT molecular complexity index is 925. The van der Waals surface area contributed by atoms with Gasteiger partial charge >= 0.3 is 5.97 Å². The number of hydrogen-bond acceptors (Lipinski definition) is 4. The van der Waals surface area contributed by atoms with Crippen molar-refractivity contribution in [1.82, 2.24) is 0 Å². The van der Waals surface area contributed by atoms with Crippen LogP contribution in [0.25, 0.3) is 5.76 Å². The normalized spacial score (nSPS) is 12.6. The first-order valence-electron chi connectivity index (χ1n) is 9.47. The summed E-state index contributed by atoms with van der Waals surface area (Å²) < 4.78 is 5.23. The van der Waals surface area contributed by atoms with Gasteiger partial charge in [-0.1, -0.05) is 35.9 Å². The van der Waals surface area contributed by atoms with Crippen LogP contribution in [-0.2, 0) is 9.53 Å². The van der Waals surface area contributed by atoms with E-state index in [2.05, 4.69) is 4.99 Å². The minimum Gasteiger partial charge on any atom is -0.506 e. The molecule has 0 aromatic heterocycles. The van der Waals surface area contributed by atoms with Crippen LogP contribution in [0.1, 0.15) is 47.2 Å². The maximum Gasteiger partial charge on any atom is 0.343 e. The van der Waals surface area contributed by atoms with E-state index in [1.807, 2.05) is 65.0 Å². The molecule has 0 aliphatic rings. The molecular weight excluding hydrogens is 350 g/mol. The number of benzene rings is 2. The third-order valence-corrected chi connectivity index (χ3v) is 4.71. The third-order valence-electron chi connectivity index (χ3n) is 4.71. The molecule has 2 aromatic rings. The average Bonchev–Trinajstić information content (AvgIpc) is 2.57. The summed E-state index contributed by atoms with van der Waals surface area (Å²) in [6.07, 6.45) is 0. The van der Waals surface area contributed by atoms with Crippen LogP contribution in [0.4, 0.5) is 5.69 Å². The van der Waals surface area contributed by atoms with Crippen LogP contribution >= 0.6 is 0 Å². The van der Waals surface area contributed by atoms with E-state index in [0.29, 0.717) is 11.3 Å². The topological polar surface area (TPSA) is 58.9 Å². The van der Waals surface area contributed by atoms with Crippen molar-refractivity contribution in [2.75, 3.05) is 6.61 Å². The molecule has 0 atom stereocenters. The number of aliphatic hydroxyl groups is 1. The maximum absolute atomic E-state index is 12.7. The van der Waals surface area contributed by atoms with Gasteiger partial charge in [-0.25, -0.2) is 4.79 Å². The zero-order chi connectivity index (χ0) is 21.0. The third kappa shape index (κ3) is 4.50. The van der Waals surface area contributed by atoms with Crippen molar-refractivity contribution in [3.63, 3.8) is 0 Å². The first-order valence-corrected chi connectivity index (χ1v) is 9.47. The summed E-state index contributed by atoms with van der Waals surface area (Å²) in [6.45, 7) is 13.5. The predicted octanol–water partition coefficient (Wildman–Crippen LogP) is 5.85. The zero-order valence-corrected chi connectivity index (χ0v) is 17.8. The highest BCUT2D eigenvalue weighted by Crippen LogP contribution is 2.29. The highest BCUT2D eigenvalue weighted by atomic mass is 16.5. The lowest BCUT2D eigenvalue weighted by Crippen LogP contribution is -2.17. The molecule has 28 heavy (non-hydrogen) atoms. The number of rotatable bonds is 5. The molecule has 4 nitrogen and oxygen atoms in total. The lowest BCUT2D eigenvalue weighted by atomic mass is 9.95. The first-order chi connectivity index (χ1) is 13.2. The van der Waals surface area contributed by atoms with Crippen LogP contribution in [0, 0.1) is 34.6 Å². The van der Waals surface area contributed by atoms with Crippen LogP contribution in [0.2, 0.25) is 0 Å². The Hall–Kier alpha value is -2.88. The number of aliphatic imine (C=N–C) groups is 1. The quantitative estimate of drug-likeness (QED) is 0.307. The van der Waals surface area contributed by atoms with Gasteiger partial charge in [-0.15, -0.1) is 0 Å². The number of nitrogens with zero attached hydrogens (tertiary/aromatic N) is 1. The SMILES string of the molecule is CCOC(=O)/C(C(C)=Nc1c(C)cccc1C)=C(/O)c1c(C)cc(C)cc1C. The molecule has 0 saturated carbocycles. The van der Waals surface area contributed by atoms with Crippen LogP contribution < -0.4 is 0 Å². The number of hydrogen-bond donors (Lipinski definition) is 1. The van der Waals surface area contributed by atoms with Gasteiger partial charge in [-0.2, -0.15) is 0 Å². The van der Waals surface area contributed by atoms with Crippen LogP contribution in [0.3, 0.4) is 0 Å². The number of ether oxygens (including phenoxy) is 1. The number of para-hydroxylation sites is 1. The Morgan fingerprint density at radius 1 is 1.00 bits per heavy atom. The molecule has 0 unspecified atom stereocenters. The van der Waals surface area contributed by atoms with Crippen molar-refractivity contribution in [3.05, 3.63) is 69.3 Å². The molecule has 0 radical (unpaired) electrons. The van der Waals surface area contributed by atoms with Gasteiger partial charge in [0, 0.05) is 5.56 Å². The van der Waals surface area contributed by atoms with E-state index >= 15 is 0 Å². The fourth-order valence-corrected chi connectivity index (χ4v) is 3.50. The Labute approximate surface area is 167 Å². The minimum absolute atomic E-state index is 0.0964. The number of esters is 1. The summed E-state index contributed by atoms with van der Waals surface area (Å²) in [6, 6.07) is 9.89. The Balaban J connectivity index is 2.74. The molecule has 0 amide bonds. The fraction of sp³-hybridized carbons (Fsp3) is 0.333. The summed E-state index contributed by atoms with van der Waals surface area (Å²) in [5.41, 5.74) is 6.87. The number of aryl methyl sites for hydroxylation is 5. The molecule has 0 spiro atoms. The standard InChI is InChI=1S/C24H29NO3/c1-8-28-24(27)21(19(7)25-22-15(3)10-9-11-16(22)4)23(26)20-17(5)12-14(2)13-18(20)6/h9-13,26H,8H2,1-7H3/b23-21+,25-19?. The predicted molar refractivity (Wildman–Crippen MR) is 116 cm³/mol. The van der Waals surface area contributed by atoms with Gasteiger partial charge in [0.25, 0.3) is 0 Å². The minimum atomic E-state index is -0.577. The van der Waals surface area contributed by atoms with E-state index in [4.69, 9.17) is 4.74 Å². The van der Waals surface area contributed by atoms with Crippen molar-refractivity contribution in [2.45, 2.75) is 48.5 Å². The molecule has 0 bridgehead atoms. The van der Waals surface area contributed by atoms with Crippen LogP contribution in [-0.4, -0.2) is 23.4 Å². The van der Waals surface area contributed by atoms with E-state index in [0.717, 1.165) is 33.5 Å². The monoisotopic (exact) mass is 379 g/mol. The second-order valence-corrected chi connectivity index (χ2v) is 7.16. The lowest BCUT2D eigenvalue weighted by molar-refractivity contribution is -0.137. The largest absolute Gasteiger partial charge is 0.506 e. The first kappa shape index (κ1) is 21.4. The van der Waals surface area contributed by atoms with E-state index in [-0.39, 0.29) is 17.9 Å². The van der Waals surface area contributed by atoms with E-state index in [1.165, 1.54) is 0 Å². The van der Waals surface area contributed by atoms with Gasteiger partial charge in [-0.3, -0.25) is 4.99 Å². The van der Waals surface area contributed by atoms with E-state index in [9.17, 15) is 9.90 Å². The van der Waals surface area contributed by atoms with Crippen molar-refractivity contribution >= 4 is 23.1 Å². The molecular formula is C24H29NO3. The summed E-state index contributed by atoms with van der Waals surface area (Å²) in [5.74, 6) is -0.673. The summed E-state index contributed by atoms with van der Waals surface area (Å²) >= 11 is 0. The molecule has 2 rings (SSSR count). The van der Waals surface area contributed by atoms with Crippen molar-refractivity contribution in [2.24, 2.45) is 4.99 Å². The summed E-state index contributed by atoms with van der Waals surface area (Å²) in [4.78, 5) is 17.4. The van der Waals surface area contributed by atoms with Crippen molar-refractivity contribution in [1.29, 1.82) is 0 Å². The molecule has 0 heterocycles. The lowest BCUT2D eigenvalue weighted by Gasteiger charge is -2.15. The molecule has 0 fully saturated rings. The van der Waals surface area contributed by atoms with Gasteiger partial charge in [0.1, 0.15) is 11.3 Å². The maximum atomic E-state index is 12.7. The van der Waals surface area contributed by atoms with Gasteiger partial charge in [0.15, 0.2) is 0 Å². The number of carbonyl (C=O) groups is 1. The fourth-order valence-electron chi connectivity index (χ4n) is 3.50. The Kier molecular flexibility index (Phi) is 6.79. The Morgan fingerprint density at radius 3 is 2.04 bits per heavy atom. The van der Waals surface area contributed by atoms with E-state index in [1.54, 1.807) is 13.8 Å².